The van der Waals surface area contributed by atoms with E-state index in [1.54, 1.807) is 6.07 Å². The summed E-state index contributed by atoms with van der Waals surface area (Å²) in [7, 11) is 4.30. The van der Waals surface area contributed by atoms with Crippen molar-refractivity contribution >= 4 is 16.7 Å². The van der Waals surface area contributed by atoms with Crippen molar-refractivity contribution in [1.29, 1.82) is 0 Å². The first-order valence-corrected chi connectivity index (χ1v) is 7.00. The maximum absolute atomic E-state index is 9.36. The lowest BCUT2D eigenvalue weighted by Gasteiger charge is -2.36. The van der Waals surface area contributed by atoms with E-state index in [0.29, 0.717) is 11.7 Å². The van der Waals surface area contributed by atoms with Gasteiger partial charge in [0.15, 0.2) is 5.65 Å². The highest BCUT2D eigenvalue weighted by atomic mass is 16.3. The number of hydrogen-bond acceptors (Lipinski definition) is 5. The highest BCUT2D eigenvalue weighted by Gasteiger charge is 2.21. The molecule has 1 saturated heterocycles. The minimum Gasteiger partial charge on any atom is -0.493 e. The predicted octanol–water partition coefficient (Wildman–Crippen LogP) is 1.87. The van der Waals surface area contributed by atoms with Crippen LogP contribution in [0.3, 0.4) is 0 Å². The van der Waals surface area contributed by atoms with Crippen molar-refractivity contribution in [3.8, 4) is 5.88 Å². The van der Waals surface area contributed by atoms with E-state index in [0.717, 1.165) is 24.2 Å². The number of aromatic hydroxyl groups is 1. The fourth-order valence-corrected chi connectivity index (χ4v) is 2.80. The van der Waals surface area contributed by atoms with Crippen LogP contribution >= 0.6 is 0 Å². The summed E-state index contributed by atoms with van der Waals surface area (Å²) >= 11 is 0. The molecule has 5 heteroatoms. The maximum atomic E-state index is 9.36. The van der Waals surface area contributed by atoms with Crippen LogP contribution in [0.5, 0.6) is 5.88 Å². The first-order chi connectivity index (χ1) is 9.63. The second-order valence-electron chi connectivity index (χ2n) is 5.59. The minimum atomic E-state index is 0.0181. The monoisotopic (exact) mass is 272 g/mol. The molecule has 20 heavy (non-hydrogen) atoms. The van der Waals surface area contributed by atoms with Crippen LogP contribution in [0.15, 0.2) is 24.4 Å². The largest absolute Gasteiger partial charge is 0.493 e. The molecule has 0 saturated carbocycles. The summed E-state index contributed by atoms with van der Waals surface area (Å²) in [6.07, 6.45) is 4.21. The lowest BCUT2D eigenvalue weighted by Crippen LogP contribution is -2.42. The van der Waals surface area contributed by atoms with E-state index >= 15 is 0 Å². The molecule has 0 unspecified atom stereocenters. The Morgan fingerprint density at radius 1 is 1.25 bits per heavy atom. The summed E-state index contributed by atoms with van der Waals surface area (Å²) in [6, 6.07) is 6.25. The van der Waals surface area contributed by atoms with Crippen LogP contribution in [-0.4, -0.2) is 53.2 Å². The molecule has 1 fully saturated rings. The average molecular weight is 272 g/mol. The van der Waals surface area contributed by atoms with E-state index in [1.807, 2.05) is 12.3 Å². The van der Waals surface area contributed by atoms with E-state index in [4.69, 9.17) is 0 Å². The molecule has 0 aromatic carbocycles. The molecule has 2 aromatic heterocycles. The van der Waals surface area contributed by atoms with Gasteiger partial charge in [0.1, 0.15) is 0 Å². The Morgan fingerprint density at radius 2 is 2.00 bits per heavy atom. The van der Waals surface area contributed by atoms with Gasteiger partial charge in [-0.1, -0.05) is 0 Å². The molecule has 3 heterocycles. The number of piperidine rings is 1. The van der Waals surface area contributed by atoms with Crippen molar-refractivity contribution < 1.29 is 5.11 Å². The molecule has 106 valence electrons. The standard InChI is InChI=1S/C15H20N4O/c1-18(2)12-5-7-19(8-6-12)13-9-11-3-4-14(20)17-15(11)16-10-13/h3-4,9-10,12H,5-8H2,1-2H3,(H,16,17,20). The topological polar surface area (TPSA) is 52.5 Å². The molecule has 0 bridgehead atoms. The third-order valence-electron chi connectivity index (χ3n) is 4.07. The lowest BCUT2D eigenvalue weighted by molar-refractivity contribution is 0.249. The van der Waals surface area contributed by atoms with E-state index in [1.165, 1.54) is 12.8 Å². The smallest absolute Gasteiger partial charge is 0.212 e. The number of nitrogens with zero attached hydrogens (tertiary/aromatic N) is 4. The molecule has 0 amide bonds. The molecule has 0 aliphatic carbocycles. The Balaban J connectivity index is 1.79. The van der Waals surface area contributed by atoms with Crippen molar-refractivity contribution in [2.24, 2.45) is 0 Å². The summed E-state index contributed by atoms with van der Waals surface area (Å²) in [5.41, 5.74) is 1.74. The number of hydrogen-bond donors (Lipinski definition) is 1. The Hall–Kier alpha value is -1.88. The molecule has 1 aliphatic heterocycles. The van der Waals surface area contributed by atoms with Crippen LogP contribution in [0.4, 0.5) is 5.69 Å². The second kappa shape index (κ2) is 5.25. The summed E-state index contributed by atoms with van der Waals surface area (Å²) in [4.78, 5) is 13.0. The number of aromatic nitrogens is 2. The third kappa shape index (κ3) is 2.54. The SMILES string of the molecule is CN(C)C1CCN(c2cnc3nc(O)ccc3c2)CC1. The maximum Gasteiger partial charge on any atom is 0.212 e. The average Bonchev–Trinajstić information content (AvgIpc) is 2.47. The summed E-state index contributed by atoms with van der Waals surface area (Å²) in [6.45, 7) is 2.11. The quantitative estimate of drug-likeness (QED) is 0.904. The van der Waals surface area contributed by atoms with Crippen molar-refractivity contribution in [2.45, 2.75) is 18.9 Å². The number of anilines is 1. The predicted molar refractivity (Wildman–Crippen MR) is 80.1 cm³/mol. The zero-order chi connectivity index (χ0) is 14.1. The van der Waals surface area contributed by atoms with E-state index in [-0.39, 0.29) is 5.88 Å². The van der Waals surface area contributed by atoms with Crippen LogP contribution in [0.2, 0.25) is 0 Å². The van der Waals surface area contributed by atoms with Gasteiger partial charge in [-0.3, -0.25) is 0 Å². The first kappa shape index (κ1) is 13.1. The number of fused-ring (bicyclic) bond motifs is 1. The molecular weight excluding hydrogens is 252 g/mol. The van der Waals surface area contributed by atoms with Crippen LogP contribution in [-0.2, 0) is 0 Å². The van der Waals surface area contributed by atoms with Gasteiger partial charge in [-0.2, -0.15) is 4.98 Å². The van der Waals surface area contributed by atoms with E-state index in [2.05, 4.69) is 39.9 Å². The Kier molecular flexibility index (Phi) is 3.44. The molecule has 1 aliphatic rings. The van der Waals surface area contributed by atoms with Gasteiger partial charge in [-0.15, -0.1) is 0 Å². The van der Waals surface area contributed by atoms with Gasteiger partial charge in [0.05, 0.1) is 11.9 Å². The lowest BCUT2D eigenvalue weighted by atomic mass is 10.0. The molecule has 0 atom stereocenters. The van der Waals surface area contributed by atoms with Crippen LogP contribution in [0.25, 0.3) is 11.0 Å². The molecular formula is C15H20N4O. The van der Waals surface area contributed by atoms with Gasteiger partial charge in [0.2, 0.25) is 5.88 Å². The summed E-state index contributed by atoms with van der Waals surface area (Å²) in [5, 5.41) is 10.3. The van der Waals surface area contributed by atoms with Crippen molar-refractivity contribution in [2.75, 3.05) is 32.1 Å². The van der Waals surface area contributed by atoms with Crippen molar-refractivity contribution in [3.05, 3.63) is 24.4 Å². The van der Waals surface area contributed by atoms with Crippen molar-refractivity contribution in [1.82, 2.24) is 14.9 Å². The summed E-state index contributed by atoms with van der Waals surface area (Å²) in [5.74, 6) is 0.0181. The van der Waals surface area contributed by atoms with Gasteiger partial charge in [-0.25, -0.2) is 4.98 Å². The summed E-state index contributed by atoms with van der Waals surface area (Å²) < 4.78 is 0. The van der Waals surface area contributed by atoms with Gasteiger partial charge in [0, 0.05) is 30.6 Å². The van der Waals surface area contributed by atoms with Gasteiger partial charge >= 0.3 is 0 Å². The zero-order valence-corrected chi connectivity index (χ0v) is 12.0. The Bertz CT molecular complexity index is 606. The molecule has 1 N–H and O–H groups in total. The second-order valence-corrected chi connectivity index (χ2v) is 5.59. The van der Waals surface area contributed by atoms with Gasteiger partial charge < -0.3 is 14.9 Å². The Labute approximate surface area is 118 Å². The van der Waals surface area contributed by atoms with Gasteiger partial charge in [0.25, 0.3) is 0 Å². The third-order valence-corrected chi connectivity index (χ3v) is 4.07. The highest BCUT2D eigenvalue weighted by molar-refractivity contribution is 5.79. The zero-order valence-electron chi connectivity index (χ0n) is 12.0. The molecule has 2 aromatic rings. The Morgan fingerprint density at radius 3 is 2.70 bits per heavy atom. The highest BCUT2D eigenvalue weighted by Crippen LogP contribution is 2.24. The number of rotatable bonds is 2. The number of pyridine rings is 2. The van der Waals surface area contributed by atoms with Gasteiger partial charge in [-0.05, 0) is 39.1 Å². The minimum absolute atomic E-state index is 0.0181. The molecule has 3 rings (SSSR count). The molecule has 0 radical (unpaired) electrons. The van der Waals surface area contributed by atoms with Crippen LogP contribution < -0.4 is 4.90 Å². The van der Waals surface area contributed by atoms with E-state index in [9.17, 15) is 5.11 Å². The van der Waals surface area contributed by atoms with Crippen LogP contribution in [0, 0.1) is 0 Å². The normalized spacial score (nSPS) is 17.1. The molecule has 0 spiro atoms. The van der Waals surface area contributed by atoms with Crippen molar-refractivity contribution in [3.63, 3.8) is 0 Å². The fourth-order valence-electron chi connectivity index (χ4n) is 2.80. The van der Waals surface area contributed by atoms with E-state index < -0.39 is 0 Å². The van der Waals surface area contributed by atoms with Crippen LogP contribution in [0.1, 0.15) is 12.8 Å². The fraction of sp³-hybridized carbons (Fsp3) is 0.467. The molecule has 5 nitrogen and oxygen atoms in total. The first-order valence-electron chi connectivity index (χ1n) is 7.00.